The van der Waals surface area contributed by atoms with Crippen LogP contribution in [0.2, 0.25) is 0 Å². The smallest absolute Gasteiger partial charge is 0.153 e. The highest BCUT2D eigenvalue weighted by atomic mass is 16.5. The van der Waals surface area contributed by atoms with Gasteiger partial charge in [-0.25, -0.2) is 0 Å². The number of aryl methyl sites for hydroxylation is 1. The molecule has 2 N–H and O–H groups in total. The molecule has 1 heterocycles. The van der Waals surface area contributed by atoms with E-state index in [-0.39, 0.29) is 11.8 Å². The number of ether oxygens (including phenoxy) is 1. The van der Waals surface area contributed by atoms with Crippen molar-refractivity contribution >= 4 is 6.29 Å². The van der Waals surface area contributed by atoms with Gasteiger partial charge in [-0.15, -0.1) is 0 Å². The Morgan fingerprint density at radius 1 is 1.56 bits per heavy atom. The van der Waals surface area contributed by atoms with Gasteiger partial charge in [0.15, 0.2) is 6.29 Å². The summed E-state index contributed by atoms with van der Waals surface area (Å²) in [6.45, 7) is 3.87. The number of benzene rings is 1. The average Bonchev–Trinajstić information content (AvgIpc) is 2.33. The Bertz CT molecular complexity index is 397. The third-order valence-corrected chi connectivity index (χ3v) is 2.74. The molecule has 4 heteroatoms. The fraction of sp³-hybridized carbons (Fsp3) is 0.417. The lowest BCUT2D eigenvalue weighted by atomic mass is 9.99. The summed E-state index contributed by atoms with van der Waals surface area (Å²) >= 11 is 0. The molecule has 1 atom stereocenters. The average molecular weight is 221 g/mol. The van der Waals surface area contributed by atoms with Gasteiger partial charge < -0.3 is 15.2 Å². The molecule has 4 nitrogen and oxygen atoms in total. The first-order chi connectivity index (χ1) is 7.72. The minimum absolute atomic E-state index is 0.0349. The maximum atomic E-state index is 10.8. The fourth-order valence-electron chi connectivity index (χ4n) is 1.96. The Morgan fingerprint density at radius 2 is 2.38 bits per heavy atom. The van der Waals surface area contributed by atoms with Crippen LogP contribution in [-0.2, 0) is 4.74 Å². The normalized spacial score (nSPS) is 20.7. The zero-order valence-corrected chi connectivity index (χ0v) is 9.19. The molecule has 0 bridgehead atoms. The lowest BCUT2D eigenvalue weighted by Gasteiger charge is -2.25. The SMILES string of the molecule is Cc1cc(C=O)c(O)c([C@@H]2COCCN2)c1. The summed E-state index contributed by atoms with van der Waals surface area (Å²) in [4.78, 5) is 10.8. The topological polar surface area (TPSA) is 58.6 Å². The van der Waals surface area contributed by atoms with E-state index in [0.29, 0.717) is 25.1 Å². The number of carbonyl (C=O) groups is 1. The maximum absolute atomic E-state index is 10.8. The van der Waals surface area contributed by atoms with Crippen LogP contribution in [0.5, 0.6) is 5.75 Å². The number of phenolic OH excluding ortho intramolecular Hbond substituents is 1. The van der Waals surface area contributed by atoms with E-state index < -0.39 is 0 Å². The Morgan fingerprint density at radius 3 is 3.00 bits per heavy atom. The second kappa shape index (κ2) is 4.63. The number of aromatic hydroxyl groups is 1. The first-order valence-electron chi connectivity index (χ1n) is 5.32. The second-order valence-electron chi connectivity index (χ2n) is 3.99. The molecule has 0 unspecified atom stereocenters. The number of hydrogen-bond donors (Lipinski definition) is 2. The highest BCUT2D eigenvalue weighted by molar-refractivity contribution is 5.80. The van der Waals surface area contributed by atoms with Crippen molar-refractivity contribution in [2.24, 2.45) is 0 Å². The molecule has 16 heavy (non-hydrogen) atoms. The molecule has 1 saturated heterocycles. The second-order valence-corrected chi connectivity index (χ2v) is 3.99. The lowest BCUT2D eigenvalue weighted by Crippen LogP contribution is -2.34. The predicted molar refractivity (Wildman–Crippen MR) is 59.8 cm³/mol. The van der Waals surface area contributed by atoms with Gasteiger partial charge in [-0.05, 0) is 18.6 Å². The molecule has 0 spiro atoms. The van der Waals surface area contributed by atoms with Crippen molar-refractivity contribution in [3.8, 4) is 5.75 Å². The van der Waals surface area contributed by atoms with E-state index in [9.17, 15) is 9.90 Å². The van der Waals surface area contributed by atoms with Crippen LogP contribution in [0.25, 0.3) is 0 Å². The third-order valence-electron chi connectivity index (χ3n) is 2.74. The van der Waals surface area contributed by atoms with Gasteiger partial charge >= 0.3 is 0 Å². The molecule has 2 rings (SSSR count). The van der Waals surface area contributed by atoms with Crippen molar-refractivity contribution in [2.75, 3.05) is 19.8 Å². The number of nitrogens with one attached hydrogen (secondary N) is 1. The molecule has 86 valence electrons. The fourth-order valence-corrected chi connectivity index (χ4v) is 1.96. The van der Waals surface area contributed by atoms with Crippen molar-refractivity contribution in [1.29, 1.82) is 0 Å². The number of rotatable bonds is 2. The van der Waals surface area contributed by atoms with Crippen LogP contribution >= 0.6 is 0 Å². The van der Waals surface area contributed by atoms with Crippen LogP contribution in [0.1, 0.15) is 27.5 Å². The van der Waals surface area contributed by atoms with Gasteiger partial charge in [-0.1, -0.05) is 6.07 Å². The number of carbonyl (C=O) groups excluding carboxylic acids is 1. The summed E-state index contributed by atoms with van der Waals surface area (Å²) in [5.41, 5.74) is 2.03. The van der Waals surface area contributed by atoms with Crippen LogP contribution < -0.4 is 5.32 Å². The third kappa shape index (κ3) is 2.08. The molecule has 0 saturated carbocycles. The van der Waals surface area contributed by atoms with Crippen LogP contribution in [0.3, 0.4) is 0 Å². The number of phenols is 1. The van der Waals surface area contributed by atoms with E-state index in [4.69, 9.17) is 4.74 Å². The van der Waals surface area contributed by atoms with E-state index in [1.165, 1.54) is 0 Å². The van der Waals surface area contributed by atoms with Gasteiger partial charge in [0, 0.05) is 12.1 Å². The number of aldehydes is 1. The van der Waals surface area contributed by atoms with E-state index in [2.05, 4.69) is 5.32 Å². The summed E-state index contributed by atoms with van der Waals surface area (Å²) in [6, 6.07) is 3.52. The quantitative estimate of drug-likeness (QED) is 0.736. The van der Waals surface area contributed by atoms with Crippen molar-refractivity contribution in [3.63, 3.8) is 0 Å². The zero-order valence-electron chi connectivity index (χ0n) is 9.19. The number of hydrogen-bond acceptors (Lipinski definition) is 4. The van der Waals surface area contributed by atoms with Gasteiger partial charge in [0.2, 0.25) is 0 Å². The van der Waals surface area contributed by atoms with E-state index in [0.717, 1.165) is 17.7 Å². The van der Waals surface area contributed by atoms with Crippen molar-refractivity contribution in [3.05, 3.63) is 28.8 Å². The van der Waals surface area contributed by atoms with Crippen LogP contribution in [-0.4, -0.2) is 31.2 Å². The van der Waals surface area contributed by atoms with Crippen LogP contribution in [0, 0.1) is 6.92 Å². The molecular weight excluding hydrogens is 206 g/mol. The summed E-state index contributed by atoms with van der Waals surface area (Å²) in [5, 5.41) is 13.2. The Balaban J connectivity index is 2.38. The Hall–Kier alpha value is -1.39. The van der Waals surface area contributed by atoms with Crippen molar-refractivity contribution < 1.29 is 14.6 Å². The molecule has 1 fully saturated rings. The molecule has 0 amide bonds. The summed E-state index contributed by atoms with van der Waals surface area (Å²) in [7, 11) is 0. The first kappa shape index (κ1) is 11.1. The molecular formula is C12H15NO3. The molecule has 0 aliphatic carbocycles. The highest BCUT2D eigenvalue weighted by Gasteiger charge is 2.20. The zero-order chi connectivity index (χ0) is 11.5. The van der Waals surface area contributed by atoms with Gasteiger partial charge in [0.1, 0.15) is 5.75 Å². The van der Waals surface area contributed by atoms with Gasteiger partial charge in [0.05, 0.1) is 24.8 Å². The van der Waals surface area contributed by atoms with Gasteiger partial charge in [-0.2, -0.15) is 0 Å². The summed E-state index contributed by atoms with van der Waals surface area (Å²) in [5.74, 6) is 0.0589. The molecule has 1 aliphatic heterocycles. The molecule has 1 aromatic rings. The van der Waals surface area contributed by atoms with Crippen LogP contribution in [0.15, 0.2) is 12.1 Å². The van der Waals surface area contributed by atoms with Crippen LogP contribution in [0.4, 0.5) is 0 Å². The minimum Gasteiger partial charge on any atom is -0.507 e. The van der Waals surface area contributed by atoms with Gasteiger partial charge in [-0.3, -0.25) is 4.79 Å². The maximum Gasteiger partial charge on any atom is 0.153 e. The Kier molecular flexibility index (Phi) is 3.22. The van der Waals surface area contributed by atoms with E-state index in [1.54, 1.807) is 6.07 Å². The number of morpholine rings is 1. The molecule has 0 radical (unpaired) electrons. The lowest BCUT2D eigenvalue weighted by molar-refractivity contribution is 0.0760. The monoisotopic (exact) mass is 221 g/mol. The highest BCUT2D eigenvalue weighted by Crippen LogP contribution is 2.29. The minimum atomic E-state index is -0.0349. The standard InChI is InChI=1S/C12H15NO3/c1-8-4-9(6-14)12(15)10(5-8)11-7-16-3-2-13-11/h4-6,11,13,15H,2-3,7H2,1H3/t11-/m0/s1. The molecule has 1 aliphatic rings. The molecule has 0 aromatic heterocycles. The van der Waals surface area contributed by atoms with Gasteiger partial charge in [0.25, 0.3) is 0 Å². The first-order valence-corrected chi connectivity index (χ1v) is 5.32. The molecule has 1 aromatic carbocycles. The van der Waals surface area contributed by atoms with Crippen molar-refractivity contribution in [1.82, 2.24) is 5.32 Å². The Labute approximate surface area is 94.2 Å². The van der Waals surface area contributed by atoms with E-state index >= 15 is 0 Å². The summed E-state index contributed by atoms with van der Waals surface area (Å²) in [6.07, 6.45) is 0.676. The largest absolute Gasteiger partial charge is 0.507 e. The van der Waals surface area contributed by atoms with E-state index in [1.807, 2.05) is 13.0 Å². The summed E-state index contributed by atoms with van der Waals surface area (Å²) < 4.78 is 5.34. The predicted octanol–water partition coefficient (Wildman–Crippen LogP) is 1.17. The van der Waals surface area contributed by atoms with Crippen molar-refractivity contribution in [2.45, 2.75) is 13.0 Å².